The van der Waals surface area contributed by atoms with E-state index in [1.807, 2.05) is 60.7 Å². The van der Waals surface area contributed by atoms with Crippen molar-refractivity contribution in [3.05, 3.63) is 83.9 Å². The van der Waals surface area contributed by atoms with E-state index in [4.69, 9.17) is 4.74 Å². The highest BCUT2D eigenvalue weighted by Crippen LogP contribution is 2.30. The van der Waals surface area contributed by atoms with Crippen LogP contribution in [0.25, 0.3) is 0 Å². The Morgan fingerprint density at radius 2 is 1.45 bits per heavy atom. The average molecular weight is 284 g/mol. The molecule has 2 nitrogen and oxygen atoms in total. The first-order chi connectivity index (χ1) is 9.77. The highest BCUT2D eigenvalue weighted by Gasteiger charge is 2.27. The maximum absolute atomic E-state index is 11.1. The molecule has 0 amide bonds. The van der Waals surface area contributed by atoms with Crippen molar-refractivity contribution in [2.24, 2.45) is 0 Å². The second-order valence-electron chi connectivity index (χ2n) is 4.33. The minimum absolute atomic E-state index is 0.339. The van der Waals surface area contributed by atoms with Crippen LogP contribution < -0.4 is 0 Å². The van der Waals surface area contributed by atoms with E-state index in [0.29, 0.717) is 6.61 Å². The maximum Gasteiger partial charge on any atom is 0.146 e. The fourth-order valence-electron chi connectivity index (χ4n) is 2.06. The number of rotatable bonds is 6. The largest absolute Gasteiger partial charge is 0.486 e. The van der Waals surface area contributed by atoms with E-state index < -0.39 is 5.60 Å². The van der Waals surface area contributed by atoms with Gasteiger partial charge in [-0.3, -0.25) is 0 Å². The fourth-order valence-corrected chi connectivity index (χ4v) is 2.14. The zero-order valence-corrected chi connectivity index (χ0v) is 11.8. The van der Waals surface area contributed by atoms with Crippen LogP contribution >= 0.6 is 12.2 Å². The standard InChI is InChI=1S/C17H16O2S/c18-17(12-7-13-19-14-20,15-8-3-1-4-9-15)16-10-5-2-6-11-16/h1-12,14,18H,13H2. The molecular weight excluding hydrogens is 268 g/mol. The van der Waals surface area contributed by atoms with E-state index in [-0.39, 0.29) is 0 Å². The quantitative estimate of drug-likeness (QED) is 0.500. The molecule has 2 aromatic rings. The SMILES string of the molecule is OC(C=CCOC=S)(c1ccccc1)c1ccccc1. The molecule has 0 aliphatic heterocycles. The Labute approximate surface area is 124 Å². The maximum atomic E-state index is 11.1. The lowest BCUT2D eigenvalue weighted by molar-refractivity contribution is 0.133. The normalized spacial score (nSPS) is 11.4. The van der Waals surface area contributed by atoms with Crippen molar-refractivity contribution < 1.29 is 9.84 Å². The number of benzene rings is 2. The van der Waals surface area contributed by atoms with Crippen LogP contribution in [0.4, 0.5) is 0 Å². The van der Waals surface area contributed by atoms with E-state index >= 15 is 0 Å². The van der Waals surface area contributed by atoms with Crippen LogP contribution in [0.1, 0.15) is 11.1 Å². The first kappa shape index (κ1) is 14.4. The van der Waals surface area contributed by atoms with Crippen LogP contribution in [0, 0.1) is 0 Å². The smallest absolute Gasteiger partial charge is 0.146 e. The Kier molecular flexibility index (Phi) is 5.04. The Bertz CT molecular complexity index is 525. The summed E-state index contributed by atoms with van der Waals surface area (Å²) in [5.74, 6) is 0. The van der Waals surface area contributed by atoms with Crippen LogP contribution in [-0.4, -0.2) is 17.3 Å². The Morgan fingerprint density at radius 1 is 0.950 bits per heavy atom. The van der Waals surface area contributed by atoms with Gasteiger partial charge in [0.1, 0.15) is 17.8 Å². The van der Waals surface area contributed by atoms with E-state index in [1.54, 1.807) is 12.2 Å². The van der Waals surface area contributed by atoms with Gasteiger partial charge in [0.05, 0.1) is 0 Å². The molecule has 0 aliphatic carbocycles. The lowest BCUT2D eigenvalue weighted by Crippen LogP contribution is -2.24. The summed E-state index contributed by atoms with van der Waals surface area (Å²) in [7, 11) is 0. The minimum atomic E-state index is -1.17. The van der Waals surface area contributed by atoms with Gasteiger partial charge in [0.25, 0.3) is 0 Å². The molecule has 0 unspecified atom stereocenters. The van der Waals surface area contributed by atoms with Crippen molar-refractivity contribution >= 4 is 17.8 Å². The van der Waals surface area contributed by atoms with Crippen molar-refractivity contribution in [1.82, 2.24) is 0 Å². The van der Waals surface area contributed by atoms with Gasteiger partial charge in [-0.1, -0.05) is 60.7 Å². The summed E-state index contributed by atoms with van der Waals surface area (Å²) < 4.78 is 4.99. The van der Waals surface area contributed by atoms with Gasteiger partial charge in [0.15, 0.2) is 0 Å². The topological polar surface area (TPSA) is 29.5 Å². The van der Waals surface area contributed by atoms with E-state index in [1.165, 1.54) is 5.55 Å². The van der Waals surface area contributed by atoms with E-state index in [2.05, 4.69) is 12.2 Å². The predicted octanol–water partition coefficient (Wildman–Crippen LogP) is 3.45. The lowest BCUT2D eigenvalue weighted by Gasteiger charge is -2.26. The second-order valence-corrected chi connectivity index (χ2v) is 4.52. The van der Waals surface area contributed by atoms with Crippen molar-refractivity contribution in [3.8, 4) is 0 Å². The zero-order chi connectivity index (χ0) is 14.3. The fraction of sp³-hybridized carbons (Fsp3) is 0.118. The van der Waals surface area contributed by atoms with Gasteiger partial charge in [0.2, 0.25) is 0 Å². The van der Waals surface area contributed by atoms with Crippen molar-refractivity contribution in [2.75, 3.05) is 6.61 Å². The van der Waals surface area contributed by atoms with Gasteiger partial charge < -0.3 is 9.84 Å². The summed E-state index contributed by atoms with van der Waals surface area (Å²) in [6, 6.07) is 19.1. The lowest BCUT2D eigenvalue weighted by atomic mass is 9.86. The molecule has 0 fully saturated rings. The van der Waals surface area contributed by atoms with Gasteiger partial charge in [-0.25, -0.2) is 0 Å². The Hall–Kier alpha value is -1.97. The van der Waals surface area contributed by atoms with Gasteiger partial charge in [-0.2, -0.15) is 0 Å². The number of ether oxygens (including phenoxy) is 1. The average Bonchev–Trinajstić information content (AvgIpc) is 2.53. The Balaban J connectivity index is 2.38. The summed E-state index contributed by atoms with van der Waals surface area (Å²) in [6.07, 6.45) is 3.50. The number of hydrogen-bond donors (Lipinski definition) is 1. The monoisotopic (exact) mass is 284 g/mol. The molecule has 0 aliphatic rings. The molecule has 0 aromatic heterocycles. The van der Waals surface area contributed by atoms with Crippen molar-refractivity contribution in [1.29, 1.82) is 0 Å². The molecule has 0 radical (unpaired) electrons. The number of aliphatic hydroxyl groups is 1. The van der Waals surface area contributed by atoms with Crippen LogP contribution in [0.15, 0.2) is 72.8 Å². The summed E-state index contributed by atoms with van der Waals surface area (Å²) in [6.45, 7) is 0.339. The number of hydrogen-bond acceptors (Lipinski definition) is 3. The first-order valence-corrected chi connectivity index (χ1v) is 6.81. The third-order valence-electron chi connectivity index (χ3n) is 3.05. The van der Waals surface area contributed by atoms with Crippen molar-refractivity contribution in [3.63, 3.8) is 0 Å². The zero-order valence-electron chi connectivity index (χ0n) is 11.0. The van der Waals surface area contributed by atoms with Crippen LogP contribution in [0.3, 0.4) is 0 Å². The minimum Gasteiger partial charge on any atom is -0.486 e. The molecule has 0 spiro atoms. The summed E-state index contributed by atoms with van der Waals surface area (Å²) >= 11 is 4.60. The second kappa shape index (κ2) is 6.98. The van der Waals surface area contributed by atoms with E-state index in [9.17, 15) is 5.11 Å². The van der Waals surface area contributed by atoms with Crippen molar-refractivity contribution in [2.45, 2.75) is 5.60 Å². The molecule has 0 bridgehead atoms. The highest BCUT2D eigenvalue weighted by molar-refractivity contribution is 7.78. The van der Waals surface area contributed by atoms with Gasteiger partial charge >= 0.3 is 0 Å². The molecule has 0 heterocycles. The Morgan fingerprint density at radius 3 is 1.90 bits per heavy atom. The summed E-state index contributed by atoms with van der Waals surface area (Å²) in [5, 5.41) is 11.1. The highest BCUT2D eigenvalue weighted by atomic mass is 32.1. The first-order valence-electron chi connectivity index (χ1n) is 6.34. The molecule has 2 rings (SSSR count). The molecule has 1 N–H and O–H groups in total. The molecule has 2 aromatic carbocycles. The number of thiocarbonyl (C=S) groups is 1. The summed E-state index contributed by atoms with van der Waals surface area (Å²) in [5.41, 5.74) is 1.66. The molecular formula is C17H16O2S. The molecule has 102 valence electrons. The molecule has 0 saturated carbocycles. The van der Waals surface area contributed by atoms with Gasteiger partial charge in [0, 0.05) is 0 Å². The summed E-state index contributed by atoms with van der Waals surface area (Å²) in [4.78, 5) is 0. The van der Waals surface area contributed by atoms with Crippen LogP contribution in [0.5, 0.6) is 0 Å². The van der Waals surface area contributed by atoms with Crippen LogP contribution in [0.2, 0.25) is 0 Å². The molecule has 0 atom stereocenters. The third-order valence-corrected chi connectivity index (χ3v) is 3.18. The molecule has 0 saturated heterocycles. The molecule has 20 heavy (non-hydrogen) atoms. The predicted molar refractivity (Wildman–Crippen MR) is 84.6 cm³/mol. The molecule has 3 heteroatoms. The van der Waals surface area contributed by atoms with E-state index in [0.717, 1.165) is 11.1 Å². The van der Waals surface area contributed by atoms with Gasteiger partial charge in [-0.05, 0) is 35.5 Å². The third kappa shape index (κ3) is 3.32. The van der Waals surface area contributed by atoms with Crippen LogP contribution in [-0.2, 0) is 10.3 Å². The van der Waals surface area contributed by atoms with Gasteiger partial charge in [-0.15, -0.1) is 0 Å².